The summed E-state index contributed by atoms with van der Waals surface area (Å²) in [6.45, 7) is 6.76. The number of rotatable bonds is 9. The highest BCUT2D eigenvalue weighted by Gasteiger charge is 2.34. The molecule has 0 fully saturated rings. The molecule has 1 amide bonds. The van der Waals surface area contributed by atoms with Crippen LogP contribution in [0.2, 0.25) is 5.02 Å². The number of aromatic nitrogens is 1. The third-order valence-electron chi connectivity index (χ3n) is 7.37. The van der Waals surface area contributed by atoms with Crippen molar-refractivity contribution < 1.29 is 18.7 Å². The molecule has 7 nitrogen and oxygen atoms in total. The van der Waals surface area contributed by atoms with Crippen LogP contribution in [0.3, 0.4) is 0 Å². The van der Waals surface area contributed by atoms with Gasteiger partial charge in [-0.3, -0.25) is 14.2 Å². The van der Waals surface area contributed by atoms with Crippen molar-refractivity contribution in [2.45, 2.75) is 33.4 Å². The Kier molecular flexibility index (Phi) is 9.91. The number of fused-ring (bicyclic) bond motifs is 1. The Morgan fingerprint density at radius 2 is 1.86 bits per heavy atom. The summed E-state index contributed by atoms with van der Waals surface area (Å²) in [5.41, 5.74) is 2.68. The monoisotopic (exact) mass is 745 g/mol. The minimum atomic E-state index is -0.664. The largest absolute Gasteiger partial charge is 0.493 e. The second-order valence-electron chi connectivity index (χ2n) is 10.0. The van der Waals surface area contributed by atoms with Gasteiger partial charge in [0.2, 0.25) is 0 Å². The third-order valence-corrected chi connectivity index (χ3v) is 9.40. The van der Waals surface area contributed by atoms with Crippen LogP contribution in [0.4, 0.5) is 4.39 Å². The smallest absolute Gasteiger partial charge is 0.271 e. The molecule has 44 heavy (non-hydrogen) atoms. The maximum absolute atomic E-state index is 14.2. The Hall–Kier alpha value is -3.48. The van der Waals surface area contributed by atoms with E-state index in [9.17, 15) is 14.0 Å². The predicted octanol–water partition coefficient (Wildman–Crippen LogP) is 6.09. The van der Waals surface area contributed by atoms with Gasteiger partial charge in [0.25, 0.3) is 11.5 Å². The second-order valence-corrected chi connectivity index (χ2v) is 12.6. The molecular weight excluding hydrogens is 716 g/mol. The van der Waals surface area contributed by atoms with Crippen LogP contribution in [0.1, 0.15) is 43.5 Å². The van der Waals surface area contributed by atoms with Crippen molar-refractivity contribution in [3.8, 4) is 11.5 Å². The number of hydrogen-bond acceptors (Lipinski definition) is 6. The molecule has 228 valence electrons. The van der Waals surface area contributed by atoms with Crippen molar-refractivity contribution >= 4 is 57.5 Å². The highest BCUT2D eigenvalue weighted by atomic mass is 127. The normalized spacial score (nSPS) is 14.7. The summed E-state index contributed by atoms with van der Waals surface area (Å²) in [7, 11) is 1.53. The molecule has 4 aromatic rings. The van der Waals surface area contributed by atoms with Crippen LogP contribution in [0.15, 0.2) is 81.7 Å². The van der Waals surface area contributed by atoms with Gasteiger partial charge in [0.15, 0.2) is 16.3 Å². The fourth-order valence-corrected chi connectivity index (χ4v) is 7.07. The zero-order valence-corrected chi connectivity index (χ0v) is 28.3. The van der Waals surface area contributed by atoms with Crippen LogP contribution in [0.25, 0.3) is 6.08 Å². The van der Waals surface area contributed by atoms with Crippen LogP contribution in [0, 0.1) is 9.39 Å². The molecule has 0 saturated carbocycles. The number of allylic oxidation sites excluding steroid dienone is 1. The lowest BCUT2D eigenvalue weighted by molar-refractivity contribution is -0.127. The first kappa shape index (κ1) is 31.9. The van der Waals surface area contributed by atoms with Crippen LogP contribution in [-0.4, -0.2) is 35.6 Å². The Labute approximate surface area is 277 Å². The number of likely N-dealkylation sites (N-methyl/N-ethyl adjacent to an activating group) is 1. The molecule has 0 spiro atoms. The SMILES string of the molecule is CCN(CC)C(=O)C1=C(C)N=c2s/c(=C/c3cc(I)c(OCc4ccccc4F)c(OC)c3)c(=O)n2[C@H]1c1ccc(Cl)cc1. The number of halogens is 3. The quantitative estimate of drug-likeness (QED) is 0.195. The first-order chi connectivity index (χ1) is 21.2. The van der Waals surface area contributed by atoms with Crippen molar-refractivity contribution in [3.63, 3.8) is 0 Å². The van der Waals surface area contributed by atoms with Gasteiger partial charge < -0.3 is 14.4 Å². The van der Waals surface area contributed by atoms with Crippen molar-refractivity contribution in [3.05, 3.63) is 123 Å². The molecule has 0 saturated heterocycles. The van der Waals surface area contributed by atoms with E-state index in [1.165, 1.54) is 24.5 Å². The van der Waals surface area contributed by atoms with E-state index in [0.29, 0.717) is 61.3 Å². The van der Waals surface area contributed by atoms with E-state index in [0.717, 1.165) is 9.13 Å². The molecule has 1 aliphatic heterocycles. The predicted molar refractivity (Wildman–Crippen MR) is 180 cm³/mol. The van der Waals surface area contributed by atoms with E-state index in [1.54, 1.807) is 51.9 Å². The number of thiazole rings is 1. The number of methoxy groups -OCH3 is 1. The first-order valence-electron chi connectivity index (χ1n) is 14.0. The summed E-state index contributed by atoms with van der Waals surface area (Å²) < 4.78 is 28.5. The number of ether oxygens (including phenoxy) is 2. The average Bonchev–Trinajstić information content (AvgIpc) is 3.31. The minimum absolute atomic E-state index is 0.0373. The van der Waals surface area contributed by atoms with E-state index < -0.39 is 6.04 Å². The van der Waals surface area contributed by atoms with Gasteiger partial charge in [0.1, 0.15) is 12.4 Å². The Balaban J connectivity index is 1.59. The molecule has 1 aromatic heterocycles. The fourth-order valence-electron chi connectivity index (χ4n) is 5.12. The summed E-state index contributed by atoms with van der Waals surface area (Å²) >= 11 is 9.58. The topological polar surface area (TPSA) is 73.1 Å². The Bertz CT molecular complexity index is 1930. The highest BCUT2D eigenvalue weighted by Crippen LogP contribution is 2.35. The van der Waals surface area contributed by atoms with E-state index in [4.69, 9.17) is 26.1 Å². The molecule has 0 radical (unpaired) electrons. The molecule has 11 heteroatoms. The van der Waals surface area contributed by atoms with Crippen LogP contribution >= 0.6 is 45.5 Å². The minimum Gasteiger partial charge on any atom is -0.493 e. The maximum atomic E-state index is 14.2. The molecule has 0 bridgehead atoms. The fraction of sp³-hybridized carbons (Fsp3) is 0.242. The van der Waals surface area contributed by atoms with E-state index >= 15 is 0 Å². The Morgan fingerprint density at radius 3 is 2.52 bits per heavy atom. The molecule has 2 heterocycles. The lowest BCUT2D eigenvalue weighted by Crippen LogP contribution is -2.43. The molecule has 0 aliphatic carbocycles. The van der Waals surface area contributed by atoms with Gasteiger partial charge in [-0.05, 0) is 90.9 Å². The standard InChI is InChI=1S/C33H30ClFIN3O4S/c1-5-38(6-2)32(41)28-19(3)37-33-39(29(28)21-11-13-23(34)14-12-21)31(40)27(44-33)17-20-15-25(36)30(26(16-20)42-4)43-18-22-9-7-8-10-24(22)35/h7-17,29H,5-6,18H2,1-4H3/b27-17+/t29-/m0/s1. The number of hydrogen-bond donors (Lipinski definition) is 0. The molecule has 1 aliphatic rings. The van der Waals surface area contributed by atoms with E-state index in [2.05, 4.69) is 22.6 Å². The van der Waals surface area contributed by atoms with Crippen LogP contribution in [-0.2, 0) is 11.4 Å². The van der Waals surface area contributed by atoms with Crippen molar-refractivity contribution in [2.24, 2.45) is 4.99 Å². The zero-order valence-electron chi connectivity index (χ0n) is 24.6. The third kappa shape index (κ3) is 6.33. The van der Waals surface area contributed by atoms with Gasteiger partial charge in [-0.1, -0.05) is 53.3 Å². The average molecular weight is 746 g/mol. The van der Waals surface area contributed by atoms with Gasteiger partial charge in [-0.15, -0.1) is 0 Å². The maximum Gasteiger partial charge on any atom is 0.271 e. The molecule has 0 unspecified atom stereocenters. The van der Waals surface area contributed by atoms with E-state index in [-0.39, 0.29) is 23.9 Å². The van der Waals surface area contributed by atoms with Gasteiger partial charge in [-0.25, -0.2) is 9.38 Å². The lowest BCUT2D eigenvalue weighted by Gasteiger charge is -2.29. The number of carbonyl (C=O) groups is 1. The van der Waals surface area contributed by atoms with Crippen molar-refractivity contribution in [1.29, 1.82) is 0 Å². The number of amides is 1. The van der Waals surface area contributed by atoms with Crippen molar-refractivity contribution in [1.82, 2.24) is 9.47 Å². The summed E-state index contributed by atoms with van der Waals surface area (Å²) in [5.74, 6) is 0.431. The van der Waals surface area contributed by atoms with Crippen molar-refractivity contribution in [2.75, 3.05) is 20.2 Å². The molecule has 5 rings (SSSR count). The van der Waals surface area contributed by atoms with Gasteiger partial charge in [0, 0.05) is 23.7 Å². The molecule has 1 atom stereocenters. The number of benzene rings is 3. The number of carbonyl (C=O) groups excluding carboxylic acids is 1. The second kappa shape index (κ2) is 13.7. The highest BCUT2D eigenvalue weighted by molar-refractivity contribution is 14.1. The van der Waals surface area contributed by atoms with Gasteiger partial charge >= 0.3 is 0 Å². The lowest BCUT2D eigenvalue weighted by atomic mass is 9.94. The molecule has 3 aromatic carbocycles. The van der Waals surface area contributed by atoms with Crippen LogP contribution in [0.5, 0.6) is 11.5 Å². The van der Waals surface area contributed by atoms with Gasteiger partial charge in [-0.2, -0.15) is 0 Å². The Morgan fingerprint density at radius 1 is 1.16 bits per heavy atom. The van der Waals surface area contributed by atoms with E-state index in [1.807, 2.05) is 39.0 Å². The first-order valence-corrected chi connectivity index (χ1v) is 16.2. The van der Waals surface area contributed by atoms with Crippen LogP contribution < -0.4 is 24.4 Å². The molecular formula is C33H30ClFIN3O4S. The summed E-state index contributed by atoms with van der Waals surface area (Å²) in [5, 5.41) is 0.559. The summed E-state index contributed by atoms with van der Waals surface area (Å²) in [4.78, 5) is 34.8. The summed E-state index contributed by atoms with van der Waals surface area (Å²) in [6, 6.07) is 16.6. The van der Waals surface area contributed by atoms with Gasteiger partial charge in [0.05, 0.1) is 32.5 Å². The number of nitrogens with zero attached hydrogens (tertiary/aromatic N) is 3. The summed E-state index contributed by atoms with van der Waals surface area (Å²) in [6.07, 6.45) is 1.78. The zero-order chi connectivity index (χ0) is 31.5. The molecule has 0 N–H and O–H groups in total.